The highest BCUT2D eigenvalue weighted by molar-refractivity contribution is 5.96. The Morgan fingerprint density at radius 2 is 1.67 bits per heavy atom. The average molecular weight is 481 g/mol. The minimum atomic E-state index is -0.150. The Morgan fingerprint density at radius 3 is 2.44 bits per heavy atom. The van der Waals surface area contributed by atoms with Crippen LogP contribution in [-0.4, -0.2) is 46.7 Å². The van der Waals surface area contributed by atoms with Crippen molar-refractivity contribution in [2.75, 3.05) is 25.5 Å². The lowest BCUT2D eigenvalue weighted by Gasteiger charge is -2.31. The van der Waals surface area contributed by atoms with E-state index in [1.165, 1.54) is 0 Å². The van der Waals surface area contributed by atoms with Crippen molar-refractivity contribution < 1.29 is 14.3 Å². The molecule has 1 aliphatic heterocycles. The van der Waals surface area contributed by atoms with E-state index in [1.807, 2.05) is 94.5 Å². The largest absolute Gasteiger partial charge is 0.495 e. The van der Waals surface area contributed by atoms with Gasteiger partial charge >= 0.3 is 0 Å². The summed E-state index contributed by atoms with van der Waals surface area (Å²) in [5.41, 5.74) is 4.12. The Labute approximate surface area is 210 Å². The molecule has 0 bridgehead atoms. The van der Waals surface area contributed by atoms with Gasteiger partial charge in [0.05, 0.1) is 30.4 Å². The lowest BCUT2D eigenvalue weighted by atomic mass is 9.95. The molecular formula is C29H28N4O3. The van der Waals surface area contributed by atoms with Gasteiger partial charge in [0.15, 0.2) is 0 Å². The molecule has 0 spiro atoms. The molecular weight excluding hydrogens is 452 g/mol. The molecule has 2 amide bonds. The number of benzene rings is 3. The Balaban J connectivity index is 1.25. The highest BCUT2D eigenvalue weighted by atomic mass is 16.5. The zero-order valence-corrected chi connectivity index (χ0v) is 20.1. The van der Waals surface area contributed by atoms with Gasteiger partial charge in [0, 0.05) is 30.1 Å². The molecule has 4 aromatic rings. The van der Waals surface area contributed by atoms with E-state index in [2.05, 4.69) is 10.4 Å². The van der Waals surface area contributed by atoms with Crippen LogP contribution in [0.15, 0.2) is 91.1 Å². The summed E-state index contributed by atoms with van der Waals surface area (Å²) in [4.78, 5) is 28.0. The minimum absolute atomic E-state index is 0.0335. The van der Waals surface area contributed by atoms with Crippen LogP contribution < -0.4 is 10.1 Å². The predicted octanol–water partition coefficient (Wildman–Crippen LogP) is 5.04. The maximum absolute atomic E-state index is 13.3. The van der Waals surface area contributed by atoms with Crippen LogP contribution in [0.25, 0.3) is 16.9 Å². The standard InChI is InChI=1S/C29H28N4O3/c1-36-27-13-6-5-12-25(27)31-28(34)22-15-18-32(19-16-22)29(35)23-10-7-11-24(20-23)33-26(14-17-30-33)21-8-3-2-4-9-21/h2-14,17,20,22H,15-16,18-19H2,1H3,(H,31,34). The Kier molecular flexibility index (Phi) is 6.80. The number of nitrogens with zero attached hydrogens (tertiary/aromatic N) is 3. The number of nitrogens with one attached hydrogen (secondary N) is 1. The van der Waals surface area contributed by atoms with Crippen LogP contribution in [0.2, 0.25) is 0 Å². The summed E-state index contributed by atoms with van der Waals surface area (Å²) in [5.74, 6) is 0.406. The van der Waals surface area contributed by atoms with Crippen molar-refractivity contribution in [2.45, 2.75) is 12.8 Å². The topological polar surface area (TPSA) is 76.5 Å². The zero-order valence-electron chi connectivity index (χ0n) is 20.1. The molecule has 1 aliphatic rings. The number of para-hydroxylation sites is 2. The molecule has 1 fully saturated rings. The highest BCUT2D eigenvalue weighted by Gasteiger charge is 2.28. The molecule has 36 heavy (non-hydrogen) atoms. The van der Waals surface area contributed by atoms with Gasteiger partial charge in [0.25, 0.3) is 5.91 Å². The average Bonchev–Trinajstić information content (AvgIpc) is 3.44. The van der Waals surface area contributed by atoms with Gasteiger partial charge in [-0.3, -0.25) is 9.59 Å². The van der Waals surface area contributed by atoms with E-state index < -0.39 is 0 Å². The Morgan fingerprint density at radius 1 is 0.917 bits per heavy atom. The molecule has 0 unspecified atom stereocenters. The first-order chi connectivity index (χ1) is 17.6. The Hall–Kier alpha value is -4.39. The second-order valence-electron chi connectivity index (χ2n) is 8.80. The Bertz CT molecular complexity index is 1360. The fourth-order valence-corrected chi connectivity index (χ4v) is 4.62. The van der Waals surface area contributed by atoms with E-state index in [4.69, 9.17) is 4.74 Å². The minimum Gasteiger partial charge on any atom is -0.495 e. The number of hydrogen-bond acceptors (Lipinski definition) is 4. The van der Waals surface area contributed by atoms with Crippen LogP contribution in [0, 0.1) is 5.92 Å². The molecule has 182 valence electrons. The first-order valence-electron chi connectivity index (χ1n) is 12.1. The van der Waals surface area contributed by atoms with Crippen molar-refractivity contribution >= 4 is 17.5 Å². The maximum atomic E-state index is 13.3. The number of aromatic nitrogens is 2. The van der Waals surface area contributed by atoms with Crippen molar-refractivity contribution in [1.29, 1.82) is 0 Å². The summed E-state index contributed by atoms with van der Waals surface area (Å²) in [5, 5.41) is 7.46. The molecule has 7 heteroatoms. The van der Waals surface area contributed by atoms with Crippen molar-refractivity contribution in [2.24, 2.45) is 5.92 Å². The van der Waals surface area contributed by atoms with Gasteiger partial charge in [-0.15, -0.1) is 0 Å². The van der Waals surface area contributed by atoms with E-state index in [-0.39, 0.29) is 17.7 Å². The third kappa shape index (κ3) is 4.86. The first kappa shape index (κ1) is 23.4. The molecule has 1 aromatic heterocycles. The molecule has 1 N–H and O–H groups in total. The third-order valence-corrected chi connectivity index (χ3v) is 6.57. The molecule has 5 rings (SSSR count). The number of anilines is 1. The lowest BCUT2D eigenvalue weighted by Crippen LogP contribution is -2.41. The maximum Gasteiger partial charge on any atom is 0.253 e. The highest BCUT2D eigenvalue weighted by Crippen LogP contribution is 2.27. The predicted molar refractivity (Wildman–Crippen MR) is 139 cm³/mol. The van der Waals surface area contributed by atoms with Gasteiger partial charge in [-0.25, -0.2) is 4.68 Å². The second kappa shape index (κ2) is 10.5. The summed E-state index contributed by atoms with van der Waals surface area (Å²) in [7, 11) is 1.58. The van der Waals surface area contributed by atoms with Gasteiger partial charge in [-0.05, 0) is 49.2 Å². The summed E-state index contributed by atoms with van der Waals surface area (Å²) < 4.78 is 7.17. The number of piperidine rings is 1. The van der Waals surface area contributed by atoms with Crippen molar-refractivity contribution in [3.63, 3.8) is 0 Å². The van der Waals surface area contributed by atoms with Crippen LogP contribution in [0.5, 0.6) is 5.75 Å². The van der Waals surface area contributed by atoms with Crippen LogP contribution in [-0.2, 0) is 4.79 Å². The van der Waals surface area contributed by atoms with E-state index in [9.17, 15) is 9.59 Å². The normalized spacial score (nSPS) is 13.9. The third-order valence-electron chi connectivity index (χ3n) is 6.57. The second-order valence-corrected chi connectivity index (χ2v) is 8.80. The molecule has 7 nitrogen and oxygen atoms in total. The van der Waals surface area contributed by atoms with Crippen LogP contribution in [0.3, 0.4) is 0 Å². The summed E-state index contributed by atoms with van der Waals surface area (Å²) in [6.45, 7) is 1.06. The van der Waals surface area contributed by atoms with E-state index in [1.54, 1.807) is 13.3 Å². The monoisotopic (exact) mass is 480 g/mol. The number of methoxy groups -OCH3 is 1. The first-order valence-corrected chi connectivity index (χ1v) is 12.1. The molecule has 0 saturated carbocycles. The molecule has 2 heterocycles. The van der Waals surface area contributed by atoms with E-state index in [0.29, 0.717) is 42.9 Å². The summed E-state index contributed by atoms with van der Waals surface area (Å²) >= 11 is 0. The van der Waals surface area contributed by atoms with Crippen LogP contribution in [0.1, 0.15) is 23.2 Å². The van der Waals surface area contributed by atoms with Gasteiger partial charge in [0.1, 0.15) is 5.75 Å². The molecule has 0 atom stereocenters. The quantitative estimate of drug-likeness (QED) is 0.420. The summed E-state index contributed by atoms with van der Waals surface area (Å²) in [6, 6.07) is 26.9. The summed E-state index contributed by atoms with van der Waals surface area (Å²) in [6.07, 6.45) is 2.99. The van der Waals surface area contributed by atoms with E-state index in [0.717, 1.165) is 16.9 Å². The fraction of sp³-hybridized carbons (Fsp3) is 0.207. The fourth-order valence-electron chi connectivity index (χ4n) is 4.62. The van der Waals surface area contributed by atoms with Crippen molar-refractivity contribution in [3.05, 3.63) is 96.7 Å². The number of ether oxygens (including phenoxy) is 1. The van der Waals surface area contributed by atoms with E-state index >= 15 is 0 Å². The number of carbonyl (C=O) groups is 2. The SMILES string of the molecule is COc1ccccc1NC(=O)C1CCN(C(=O)c2cccc(-n3nccc3-c3ccccc3)c2)CC1. The lowest BCUT2D eigenvalue weighted by molar-refractivity contribution is -0.121. The number of likely N-dealkylation sites (tertiary alicyclic amines) is 1. The van der Waals surface area contributed by atoms with Gasteiger partial charge in [-0.1, -0.05) is 48.5 Å². The van der Waals surface area contributed by atoms with Gasteiger partial charge in [0.2, 0.25) is 5.91 Å². The number of amides is 2. The van der Waals surface area contributed by atoms with Gasteiger partial charge < -0.3 is 15.0 Å². The molecule has 3 aromatic carbocycles. The van der Waals surface area contributed by atoms with Crippen LogP contribution >= 0.6 is 0 Å². The molecule has 0 aliphatic carbocycles. The number of carbonyl (C=O) groups excluding carboxylic acids is 2. The van der Waals surface area contributed by atoms with Crippen molar-refractivity contribution in [3.8, 4) is 22.7 Å². The molecule has 1 saturated heterocycles. The number of rotatable bonds is 6. The van der Waals surface area contributed by atoms with Crippen LogP contribution in [0.4, 0.5) is 5.69 Å². The zero-order chi connectivity index (χ0) is 24.9. The van der Waals surface area contributed by atoms with Crippen molar-refractivity contribution in [1.82, 2.24) is 14.7 Å². The van der Waals surface area contributed by atoms with Gasteiger partial charge in [-0.2, -0.15) is 5.10 Å². The molecule has 0 radical (unpaired) electrons. The smallest absolute Gasteiger partial charge is 0.253 e. The number of hydrogen-bond donors (Lipinski definition) is 1.